The van der Waals surface area contributed by atoms with Gasteiger partial charge in [-0.3, -0.25) is 4.79 Å². The largest absolute Gasteiger partial charge is 0.416 e. The molecule has 2 aromatic heterocycles. The maximum atomic E-state index is 13.7. The van der Waals surface area contributed by atoms with E-state index < -0.39 is 17.6 Å². The number of benzene rings is 1. The van der Waals surface area contributed by atoms with Gasteiger partial charge in [0, 0.05) is 13.1 Å². The maximum absolute atomic E-state index is 13.7. The average molecular weight is 433 g/mol. The Labute approximate surface area is 175 Å². The highest BCUT2D eigenvalue weighted by molar-refractivity contribution is 5.73. The first-order valence-corrected chi connectivity index (χ1v) is 9.74. The molecular weight excluding hydrogens is 414 g/mol. The first-order chi connectivity index (χ1) is 14.7. The zero-order valence-electron chi connectivity index (χ0n) is 16.6. The van der Waals surface area contributed by atoms with Gasteiger partial charge in [-0.2, -0.15) is 17.9 Å². The van der Waals surface area contributed by atoms with Gasteiger partial charge in [0.05, 0.1) is 17.3 Å². The van der Waals surface area contributed by atoms with Gasteiger partial charge in [0.25, 0.3) is 0 Å². The molecule has 2 heterocycles. The lowest BCUT2D eigenvalue weighted by Gasteiger charge is -2.21. The number of halogens is 4. The molecule has 0 aliphatic heterocycles. The van der Waals surface area contributed by atoms with Crippen LogP contribution in [0.3, 0.4) is 0 Å². The Bertz CT molecular complexity index is 1130. The molecule has 0 unspecified atom stereocenters. The SMILES string of the molecule is CC(=O)N[C@@H]1CCCc2c1nnn2-c1cc(Cc2cc(F)cc(C(F)(F)F)c2)ccn1. The predicted molar refractivity (Wildman–Crippen MR) is 103 cm³/mol. The minimum absolute atomic E-state index is 0.0990. The summed E-state index contributed by atoms with van der Waals surface area (Å²) in [6, 6.07) is 5.64. The molecule has 1 aliphatic carbocycles. The second-order valence-electron chi connectivity index (χ2n) is 7.52. The Morgan fingerprint density at radius 2 is 2.03 bits per heavy atom. The third-order valence-electron chi connectivity index (χ3n) is 5.13. The second kappa shape index (κ2) is 8.09. The number of aromatic nitrogens is 4. The lowest BCUT2D eigenvalue weighted by molar-refractivity contribution is -0.137. The Morgan fingerprint density at radius 1 is 1.23 bits per heavy atom. The van der Waals surface area contributed by atoms with Crippen molar-refractivity contribution in [1.29, 1.82) is 0 Å². The summed E-state index contributed by atoms with van der Waals surface area (Å²) in [6.07, 6.45) is -0.680. The number of fused-ring (bicyclic) bond motifs is 1. The van der Waals surface area contributed by atoms with E-state index in [0.717, 1.165) is 30.7 Å². The summed E-state index contributed by atoms with van der Waals surface area (Å²) in [7, 11) is 0. The van der Waals surface area contributed by atoms with Gasteiger partial charge >= 0.3 is 6.18 Å². The minimum atomic E-state index is -4.62. The van der Waals surface area contributed by atoms with Crippen LogP contribution < -0.4 is 5.32 Å². The molecule has 31 heavy (non-hydrogen) atoms. The van der Waals surface area contributed by atoms with Gasteiger partial charge in [0.15, 0.2) is 5.82 Å². The summed E-state index contributed by atoms with van der Waals surface area (Å²) in [5.74, 6) is -0.628. The van der Waals surface area contributed by atoms with Gasteiger partial charge in [-0.15, -0.1) is 5.10 Å². The van der Waals surface area contributed by atoms with Crippen LogP contribution in [0.4, 0.5) is 17.6 Å². The standard InChI is InChI=1S/C21H19F4N5O/c1-12(31)27-17-3-2-4-18-20(17)28-29-30(18)19-10-13(5-6-26-19)7-14-8-15(21(23,24)25)11-16(22)9-14/h5-6,8-11,17H,2-4,7H2,1H3,(H,27,31)/t17-/m1/s1. The Hall–Kier alpha value is -3.30. The van der Waals surface area contributed by atoms with Crippen LogP contribution in [-0.2, 0) is 23.8 Å². The van der Waals surface area contributed by atoms with E-state index in [9.17, 15) is 22.4 Å². The number of carbonyl (C=O) groups is 1. The first-order valence-electron chi connectivity index (χ1n) is 9.74. The molecule has 1 N–H and O–H groups in total. The fourth-order valence-electron chi connectivity index (χ4n) is 3.84. The van der Waals surface area contributed by atoms with Gasteiger partial charge < -0.3 is 5.32 Å². The van der Waals surface area contributed by atoms with Crippen molar-refractivity contribution in [3.8, 4) is 5.82 Å². The molecule has 0 bridgehead atoms. The summed E-state index contributed by atoms with van der Waals surface area (Å²) in [4.78, 5) is 15.8. The van der Waals surface area contributed by atoms with Crippen LogP contribution >= 0.6 is 0 Å². The van der Waals surface area contributed by atoms with E-state index in [1.54, 1.807) is 16.8 Å². The molecule has 0 spiro atoms. The van der Waals surface area contributed by atoms with Crippen molar-refractivity contribution in [2.45, 2.75) is 44.8 Å². The first kappa shape index (κ1) is 21.0. The monoisotopic (exact) mass is 433 g/mol. The van der Waals surface area contributed by atoms with Crippen molar-refractivity contribution >= 4 is 5.91 Å². The topological polar surface area (TPSA) is 72.7 Å². The highest BCUT2D eigenvalue weighted by atomic mass is 19.4. The van der Waals surface area contributed by atoms with Crippen molar-refractivity contribution in [1.82, 2.24) is 25.3 Å². The molecular formula is C21H19F4N5O. The van der Waals surface area contributed by atoms with E-state index in [2.05, 4.69) is 20.6 Å². The second-order valence-corrected chi connectivity index (χ2v) is 7.52. The van der Waals surface area contributed by atoms with Gasteiger partial charge in [-0.05, 0) is 67.1 Å². The Balaban J connectivity index is 1.63. The van der Waals surface area contributed by atoms with Crippen molar-refractivity contribution in [2.75, 3.05) is 0 Å². The van der Waals surface area contributed by atoms with Crippen molar-refractivity contribution in [3.63, 3.8) is 0 Å². The van der Waals surface area contributed by atoms with E-state index in [1.165, 1.54) is 13.1 Å². The zero-order valence-corrected chi connectivity index (χ0v) is 16.6. The van der Waals surface area contributed by atoms with Gasteiger partial charge in [-0.1, -0.05) is 5.21 Å². The molecule has 0 radical (unpaired) electrons. The fourth-order valence-corrected chi connectivity index (χ4v) is 3.84. The van der Waals surface area contributed by atoms with Gasteiger partial charge in [0.2, 0.25) is 5.91 Å². The molecule has 6 nitrogen and oxygen atoms in total. The summed E-state index contributed by atoms with van der Waals surface area (Å²) in [6.45, 7) is 1.44. The third-order valence-corrected chi connectivity index (χ3v) is 5.13. The van der Waals surface area contributed by atoms with Crippen LogP contribution in [-0.4, -0.2) is 25.9 Å². The average Bonchev–Trinajstić information content (AvgIpc) is 3.12. The number of hydrogen-bond donors (Lipinski definition) is 1. The number of rotatable bonds is 4. The number of nitrogens with one attached hydrogen (secondary N) is 1. The molecule has 1 aromatic carbocycles. The van der Waals surface area contributed by atoms with Crippen LogP contribution in [0.1, 0.15) is 53.9 Å². The molecule has 0 saturated carbocycles. The van der Waals surface area contributed by atoms with E-state index in [1.807, 2.05) is 0 Å². The summed E-state index contributed by atoms with van der Waals surface area (Å²) in [5.41, 5.74) is 1.36. The lowest BCUT2D eigenvalue weighted by Crippen LogP contribution is -2.29. The number of amides is 1. The molecule has 0 saturated heterocycles. The molecule has 1 amide bonds. The number of nitrogens with zero attached hydrogens (tertiary/aromatic N) is 4. The van der Waals surface area contributed by atoms with Crippen LogP contribution in [0.5, 0.6) is 0 Å². The molecule has 1 atom stereocenters. The zero-order chi connectivity index (χ0) is 22.2. The van der Waals surface area contributed by atoms with E-state index >= 15 is 0 Å². The van der Waals surface area contributed by atoms with Crippen LogP contribution in [0.2, 0.25) is 0 Å². The minimum Gasteiger partial charge on any atom is -0.348 e. The van der Waals surface area contributed by atoms with Crippen molar-refractivity contribution in [2.24, 2.45) is 0 Å². The van der Waals surface area contributed by atoms with Gasteiger partial charge in [0.1, 0.15) is 11.5 Å². The summed E-state index contributed by atoms with van der Waals surface area (Å²) < 4.78 is 54.3. The smallest absolute Gasteiger partial charge is 0.348 e. The molecule has 162 valence electrons. The van der Waals surface area contributed by atoms with E-state index in [-0.39, 0.29) is 23.9 Å². The maximum Gasteiger partial charge on any atom is 0.416 e. The van der Waals surface area contributed by atoms with Crippen LogP contribution in [0.15, 0.2) is 36.5 Å². The molecule has 10 heteroatoms. The number of carbonyl (C=O) groups excluding carboxylic acids is 1. The Morgan fingerprint density at radius 3 is 2.77 bits per heavy atom. The molecule has 1 aliphatic rings. The quantitative estimate of drug-likeness (QED) is 0.633. The summed E-state index contributed by atoms with van der Waals surface area (Å²) >= 11 is 0. The van der Waals surface area contributed by atoms with E-state index in [4.69, 9.17) is 0 Å². The highest BCUT2D eigenvalue weighted by Crippen LogP contribution is 2.31. The fraction of sp³-hybridized carbons (Fsp3) is 0.333. The molecule has 4 rings (SSSR count). The van der Waals surface area contributed by atoms with Crippen LogP contribution in [0.25, 0.3) is 5.82 Å². The lowest BCUT2D eigenvalue weighted by atomic mass is 9.96. The molecule has 0 fully saturated rings. The van der Waals surface area contributed by atoms with Crippen LogP contribution in [0, 0.1) is 5.82 Å². The number of alkyl halides is 3. The van der Waals surface area contributed by atoms with Crippen molar-refractivity contribution < 1.29 is 22.4 Å². The molecule has 3 aromatic rings. The Kier molecular flexibility index (Phi) is 5.47. The normalized spacial score (nSPS) is 16.1. The van der Waals surface area contributed by atoms with Crippen molar-refractivity contribution in [3.05, 3.63) is 70.4 Å². The van der Waals surface area contributed by atoms with Gasteiger partial charge in [-0.25, -0.2) is 9.37 Å². The predicted octanol–water partition coefficient (Wildman–Crippen LogP) is 3.92. The third kappa shape index (κ3) is 4.57. The summed E-state index contributed by atoms with van der Waals surface area (Å²) in [5, 5.41) is 11.3. The van der Waals surface area contributed by atoms with E-state index in [0.29, 0.717) is 29.6 Å². The number of hydrogen-bond acceptors (Lipinski definition) is 4. The number of pyridine rings is 1. The highest BCUT2D eigenvalue weighted by Gasteiger charge is 2.31.